The van der Waals surface area contributed by atoms with Gasteiger partial charge >= 0.3 is 5.97 Å². The third-order valence-corrected chi connectivity index (χ3v) is 4.86. The van der Waals surface area contributed by atoms with Gasteiger partial charge in [-0.3, -0.25) is 9.59 Å². The molecule has 0 aromatic heterocycles. The van der Waals surface area contributed by atoms with Gasteiger partial charge in [0.2, 0.25) is 5.91 Å². The van der Waals surface area contributed by atoms with Crippen LogP contribution in [-0.2, 0) is 16.1 Å². The zero-order chi connectivity index (χ0) is 18.9. The van der Waals surface area contributed by atoms with Gasteiger partial charge in [0, 0.05) is 18.0 Å². The van der Waals surface area contributed by atoms with Gasteiger partial charge in [0.1, 0.15) is 6.04 Å². The summed E-state index contributed by atoms with van der Waals surface area (Å²) in [5.41, 5.74) is 1.33. The third-order valence-electron chi connectivity index (χ3n) is 4.86. The van der Waals surface area contributed by atoms with E-state index in [-0.39, 0.29) is 11.8 Å². The smallest absolute Gasteiger partial charge is 0.326 e. The fourth-order valence-corrected chi connectivity index (χ4v) is 3.20. The van der Waals surface area contributed by atoms with Gasteiger partial charge in [-0.1, -0.05) is 44.7 Å². The van der Waals surface area contributed by atoms with Crippen LogP contribution >= 0.6 is 0 Å². The molecule has 1 fully saturated rings. The van der Waals surface area contributed by atoms with Crippen molar-refractivity contribution in [1.82, 2.24) is 10.6 Å². The zero-order valence-electron chi connectivity index (χ0n) is 15.3. The van der Waals surface area contributed by atoms with Crippen molar-refractivity contribution < 1.29 is 19.5 Å². The van der Waals surface area contributed by atoms with E-state index in [0.29, 0.717) is 18.5 Å². The minimum atomic E-state index is -1.02. The fourth-order valence-electron chi connectivity index (χ4n) is 3.20. The Morgan fingerprint density at radius 1 is 1.15 bits per heavy atom. The number of nitrogens with one attached hydrogen (secondary N) is 2. The van der Waals surface area contributed by atoms with Gasteiger partial charge in [-0.05, 0) is 37.0 Å². The highest BCUT2D eigenvalue weighted by atomic mass is 16.4. The molecule has 0 radical (unpaired) electrons. The maximum Gasteiger partial charge on any atom is 0.326 e. The monoisotopic (exact) mass is 360 g/mol. The van der Waals surface area contributed by atoms with Gasteiger partial charge in [-0.25, -0.2) is 4.79 Å². The van der Waals surface area contributed by atoms with E-state index < -0.39 is 17.9 Å². The highest BCUT2D eigenvalue weighted by molar-refractivity contribution is 5.96. The summed E-state index contributed by atoms with van der Waals surface area (Å²) in [6.07, 6.45) is 6.22. The normalized spacial score (nSPS) is 15.4. The third kappa shape index (κ3) is 5.86. The molecule has 0 heterocycles. The predicted octanol–water partition coefficient (Wildman–Crippen LogP) is 2.87. The van der Waals surface area contributed by atoms with E-state index in [2.05, 4.69) is 10.6 Å². The first-order valence-electron chi connectivity index (χ1n) is 9.41. The number of aliphatic carboxylic acids is 1. The van der Waals surface area contributed by atoms with Crippen molar-refractivity contribution >= 4 is 17.8 Å². The molecule has 6 heteroatoms. The fraction of sp³-hybridized carbons (Fsp3) is 0.550. The summed E-state index contributed by atoms with van der Waals surface area (Å²) in [4.78, 5) is 35.5. The number of hydrogen-bond donors (Lipinski definition) is 3. The lowest BCUT2D eigenvalue weighted by Crippen LogP contribution is -2.40. The van der Waals surface area contributed by atoms with Gasteiger partial charge in [-0.15, -0.1) is 0 Å². The Balaban J connectivity index is 1.86. The maximum atomic E-state index is 12.2. The Bertz CT molecular complexity index is 621. The molecule has 1 aliphatic rings. The second-order valence-electron chi connectivity index (χ2n) is 6.90. The van der Waals surface area contributed by atoms with Gasteiger partial charge in [0.05, 0.1) is 0 Å². The van der Waals surface area contributed by atoms with Gasteiger partial charge in [0.25, 0.3) is 5.91 Å². The summed E-state index contributed by atoms with van der Waals surface area (Å²) >= 11 is 0. The first-order chi connectivity index (χ1) is 12.5. The summed E-state index contributed by atoms with van der Waals surface area (Å²) in [5.74, 6) is -1.17. The van der Waals surface area contributed by atoms with E-state index >= 15 is 0 Å². The van der Waals surface area contributed by atoms with E-state index in [0.717, 1.165) is 44.1 Å². The van der Waals surface area contributed by atoms with Crippen molar-refractivity contribution in [2.24, 2.45) is 5.92 Å². The molecule has 0 bridgehead atoms. The van der Waals surface area contributed by atoms with Crippen molar-refractivity contribution in [3.63, 3.8) is 0 Å². The van der Waals surface area contributed by atoms with Crippen LogP contribution in [-0.4, -0.2) is 28.9 Å². The lowest BCUT2D eigenvalue weighted by molar-refractivity contribution is -0.139. The van der Waals surface area contributed by atoms with Crippen LogP contribution in [0.3, 0.4) is 0 Å². The SMILES string of the molecule is CCCCC(NC(=O)c1ccc(CNC(=O)C2CCCC2)cc1)C(=O)O. The molecule has 1 aromatic rings. The summed E-state index contributed by atoms with van der Waals surface area (Å²) in [6, 6.07) is 6.01. The van der Waals surface area contributed by atoms with E-state index in [9.17, 15) is 19.5 Å². The lowest BCUT2D eigenvalue weighted by atomic mass is 10.1. The average molecular weight is 360 g/mol. The van der Waals surface area contributed by atoms with Gasteiger partial charge < -0.3 is 15.7 Å². The maximum absolute atomic E-state index is 12.2. The van der Waals surface area contributed by atoms with E-state index in [4.69, 9.17) is 0 Å². The van der Waals surface area contributed by atoms with Crippen molar-refractivity contribution in [3.05, 3.63) is 35.4 Å². The first-order valence-corrected chi connectivity index (χ1v) is 9.41. The molecule has 1 saturated carbocycles. The highest BCUT2D eigenvalue weighted by Crippen LogP contribution is 2.24. The highest BCUT2D eigenvalue weighted by Gasteiger charge is 2.22. The lowest BCUT2D eigenvalue weighted by Gasteiger charge is -2.14. The van der Waals surface area contributed by atoms with E-state index in [1.165, 1.54) is 0 Å². The topological polar surface area (TPSA) is 95.5 Å². The standard InChI is InChI=1S/C20H28N2O4/c1-2-3-8-17(20(25)26)22-19(24)16-11-9-14(10-12-16)13-21-18(23)15-6-4-5-7-15/h9-12,15,17H,2-8,13H2,1H3,(H,21,23)(H,22,24)(H,25,26). The minimum absolute atomic E-state index is 0.101. The Hall–Kier alpha value is -2.37. The van der Waals surface area contributed by atoms with Crippen LogP contribution < -0.4 is 10.6 Å². The molecule has 1 atom stereocenters. The average Bonchev–Trinajstić information content (AvgIpc) is 3.18. The summed E-state index contributed by atoms with van der Waals surface area (Å²) < 4.78 is 0. The Morgan fingerprint density at radius 3 is 2.38 bits per heavy atom. The van der Waals surface area contributed by atoms with Crippen LogP contribution in [0.4, 0.5) is 0 Å². The van der Waals surface area contributed by atoms with Crippen LogP contribution in [0.2, 0.25) is 0 Å². The number of carboxylic acids is 1. The number of unbranched alkanes of at least 4 members (excludes halogenated alkanes) is 1. The Kier molecular flexibility index (Phi) is 7.63. The zero-order valence-corrected chi connectivity index (χ0v) is 15.3. The number of benzene rings is 1. The molecule has 1 unspecified atom stereocenters. The second kappa shape index (κ2) is 9.94. The molecular formula is C20H28N2O4. The summed E-state index contributed by atoms with van der Waals surface area (Å²) in [6.45, 7) is 2.41. The molecular weight excluding hydrogens is 332 g/mol. The molecule has 142 valence electrons. The predicted molar refractivity (Wildman–Crippen MR) is 98.7 cm³/mol. The molecule has 3 N–H and O–H groups in total. The van der Waals surface area contributed by atoms with Crippen molar-refractivity contribution in [2.75, 3.05) is 0 Å². The number of amides is 2. The molecule has 0 saturated heterocycles. The number of rotatable bonds is 9. The molecule has 6 nitrogen and oxygen atoms in total. The second-order valence-corrected chi connectivity index (χ2v) is 6.90. The molecule has 0 spiro atoms. The Labute approximate surface area is 154 Å². The Morgan fingerprint density at radius 2 is 1.81 bits per heavy atom. The molecule has 1 aliphatic carbocycles. The van der Waals surface area contributed by atoms with Gasteiger partial charge in [0.15, 0.2) is 0 Å². The summed E-state index contributed by atoms with van der Waals surface area (Å²) in [7, 11) is 0. The number of carbonyl (C=O) groups excluding carboxylic acids is 2. The number of hydrogen-bond acceptors (Lipinski definition) is 3. The number of carbonyl (C=O) groups is 3. The van der Waals surface area contributed by atoms with E-state index in [1.54, 1.807) is 24.3 Å². The van der Waals surface area contributed by atoms with Gasteiger partial charge in [-0.2, -0.15) is 0 Å². The molecule has 1 aromatic carbocycles. The van der Waals surface area contributed by atoms with E-state index in [1.807, 2.05) is 6.92 Å². The van der Waals surface area contributed by atoms with Crippen LogP contribution in [0.15, 0.2) is 24.3 Å². The van der Waals surface area contributed by atoms with Crippen molar-refractivity contribution in [3.8, 4) is 0 Å². The summed E-state index contributed by atoms with van der Waals surface area (Å²) in [5, 5.41) is 14.7. The van der Waals surface area contributed by atoms with Crippen LogP contribution in [0.5, 0.6) is 0 Å². The van der Waals surface area contributed by atoms with Crippen LogP contribution in [0.1, 0.15) is 67.8 Å². The largest absolute Gasteiger partial charge is 0.480 e. The first kappa shape index (κ1) is 19.9. The van der Waals surface area contributed by atoms with Crippen LogP contribution in [0, 0.1) is 5.92 Å². The minimum Gasteiger partial charge on any atom is -0.480 e. The molecule has 0 aliphatic heterocycles. The number of carboxylic acid groups (broad SMARTS) is 1. The molecule has 2 amide bonds. The van der Waals surface area contributed by atoms with Crippen molar-refractivity contribution in [1.29, 1.82) is 0 Å². The van der Waals surface area contributed by atoms with Crippen LogP contribution in [0.25, 0.3) is 0 Å². The molecule has 2 rings (SSSR count). The quantitative estimate of drug-likeness (QED) is 0.631. The van der Waals surface area contributed by atoms with Crippen molar-refractivity contribution in [2.45, 2.75) is 64.5 Å². The molecule has 26 heavy (non-hydrogen) atoms.